The van der Waals surface area contributed by atoms with Gasteiger partial charge in [0.25, 0.3) is 11.5 Å². The van der Waals surface area contributed by atoms with Gasteiger partial charge in [0, 0.05) is 37.7 Å². The molecule has 0 unspecified atom stereocenters. The molecule has 10 heteroatoms. The average molecular weight is 486 g/mol. The number of nitrogens with one attached hydrogen (secondary N) is 3. The summed E-state index contributed by atoms with van der Waals surface area (Å²) in [4.78, 5) is 38.8. The van der Waals surface area contributed by atoms with Crippen LogP contribution in [0.15, 0.2) is 23.0 Å². The highest BCUT2D eigenvalue weighted by Gasteiger charge is 2.28. The molecule has 2 aliphatic heterocycles. The van der Waals surface area contributed by atoms with Gasteiger partial charge >= 0.3 is 6.09 Å². The minimum Gasteiger partial charge on any atom is -0.444 e. The number of rotatable bonds is 4. The van der Waals surface area contributed by atoms with Gasteiger partial charge in [-0.05, 0) is 64.2 Å². The molecule has 3 heterocycles. The lowest BCUT2D eigenvalue weighted by Crippen LogP contribution is -2.47. The molecule has 0 radical (unpaired) electrons. The SMILES string of the molecule is CC(C)(C)OC(=O)NC1CCN(C(=O)c2cc(Cc3n[nH]c(=O)c4c3NCCC4)ccc2F)CC1. The van der Waals surface area contributed by atoms with E-state index in [1.165, 1.54) is 6.07 Å². The Morgan fingerprint density at radius 2 is 2.00 bits per heavy atom. The van der Waals surface area contributed by atoms with E-state index in [1.54, 1.807) is 37.8 Å². The van der Waals surface area contributed by atoms with Crippen LogP contribution < -0.4 is 16.2 Å². The molecule has 2 amide bonds. The van der Waals surface area contributed by atoms with Crippen molar-refractivity contribution in [1.82, 2.24) is 20.4 Å². The molecule has 0 atom stereocenters. The van der Waals surface area contributed by atoms with Gasteiger partial charge in [-0.25, -0.2) is 14.3 Å². The number of fused-ring (bicyclic) bond motifs is 1. The smallest absolute Gasteiger partial charge is 0.407 e. The predicted octanol–water partition coefficient (Wildman–Crippen LogP) is 2.99. The van der Waals surface area contributed by atoms with E-state index in [0.717, 1.165) is 24.2 Å². The van der Waals surface area contributed by atoms with Crippen LogP contribution in [0, 0.1) is 5.82 Å². The number of alkyl carbamates (subject to hydrolysis) is 1. The highest BCUT2D eigenvalue weighted by molar-refractivity contribution is 5.94. The lowest BCUT2D eigenvalue weighted by atomic mass is 9.99. The molecule has 2 aliphatic rings. The van der Waals surface area contributed by atoms with E-state index >= 15 is 0 Å². The first-order valence-corrected chi connectivity index (χ1v) is 12.0. The van der Waals surface area contributed by atoms with Crippen molar-refractivity contribution in [2.75, 3.05) is 25.0 Å². The summed E-state index contributed by atoms with van der Waals surface area (Å²) >= 11 is 0. The number of aromatic nitrogens is 2. The fourth-order valence-electron chi connectivity index (χ4n) is 4.49. The van der Waals surface area contributed by atoms with Crippen LogP contribution in [0.4, 0.5) is 14.9 Å². The monoisotopic (exact) mass is 485 g/mol. The van der Waals surface area contributed by atoms with Crippen LogP contribution >= 0.6 is 0 Å². The third-order valence-electron chi connectivity index (χ3n) is 6.20. The summed E-state index contributed by atoms with van der Waals surface area (Å²) in [5, 5.41) is 12.8. The Morgan fingerprint density at radius 1 is 1.26 bits per heavy atom. The number of anilines is 1. The second-order valence-corrected chi connectivity index (χ2v) is 10.1. The van der Waals surface area contributed by atoms with Gasteiger partial charge in [0.2, 0.25) is 0 Å². The number of H-pyrrole nitrogens is 1. The van der Waals surface area contributed by atoms with Crippen molar-refractivity contribution in [2.45, 2.75) is 64.5 Å². The highest BCUT2D eigenvalue weighted by Crippen LogP contribution is 2.25. The maximum atomic E-state index is 14.6. The highest BCUT2D eigenvalue weighted by atomic mass is 19.1. The number of aromatic amines is 1. The first-order chi connectivity index (χ1) is 16.6. The fourth-order valence-corrected chi connectivity index (χ4v) is 4.49. The van der Waals surface area contributed by atoms with Crippen LogP contribution in [0.1, 0.15) is 67.2 Å². The number of ether oxygens (including phenoxy) is 1. The van der Waals surface area contributed by atoms with Crippen molar-refractivity contribution in [3.05, 3.63) is 56.8 Å². The molecule has 3 N–H and O–H groups in total. The van der Waals surface area contributed by atoms with Crippen molar-refractivity contribution in [3.8, 4) is 0 Å². The van der Waals surface area contributed by atoms with Crippen molar-refractivity contribution >= 4 is 17.7 Å². The number of amides is 2. The molecule has 0 spiro atoms. The minimum atomic E-state index is -0.581. The van der Waals surface area contributed by atoms with Gasteiger partial charge in [-0.2, -0.15) is 5.10 Å². The number of carbonyl (C=O) groups excluding carboxylic acids is 2. The number of likely N-dealkylation sites (tertiary alicyclic amines) is 1. The summed E-state index contributed by atoms with van der Waals surface area (Å²) < 4.78 is 19.9. The lowest BCUT2D eigenvalue weighted by Gasteiger charge is -2.33. The van der Waals surface area contributed by atoms with Gasteiger partial charge in [-0.15, -0.1) is 0 Å². The summed E-state index contributed by atoms with van der Waals surface area (Å²) in [7, 11) is 0. The second-order valence-electron chi connectivity index (χ2n) is 10.1. The van der Waals surface area contributed by atoms with Gasteiger partial charge in [0.15, 0.2) is 0 Å². The molecule has 188 valence electrons. The first-order valence-electron chi connectivity index (χ1n) is 12.0. The molecule has 9 nitrogen and oxygen atoms in total. The number of hydrogen-bond acceptors (Lipinski definition) is 6. The van der Waals surface area contributed by atoms with Crippen LogP contribution in [0.3, 0.4) is 0 Å². The van der Waals surface area contributed by atoms with Crippen molar-refractivity contribution in [2.24, 2.45) is 0 Å². The molecular formula is C25H32FN5O4. The normalized spacial score (nSPS) is 16.3. The topological polar surface area (TPSA) is 116 Å². The van der Waals surface area contributed by atoms with Crippen LogP contribution in [0.5, 0.6) is 0 Å². The van der Waals surface area contributed by atoms with E-state index in [0.29, 0.717) is 50.0 Å². The maximum Gasteiger partial charge on any atom is 0.407 e. The van der Waals surface area contributed by atoms with Gasteiger partial charge < -0.3 is 20.3 Å². The molecule has 0 aliphatic carbocycles. The Morgan fingerprint density at radius 3 is 2.71 bits per heavy atom. The maximum absolute atomic E-state index is 14.6. The zero-order valence-electron chi connectivity index (χ0n) is 20.4. The van der Waals surface area contributed by atoms with E-state index in [9.17, 15) is 18.8 Å². The third-order valence-corrected chi connectivity index (χ3v) is 6.20. The number of piperidine rings is 1. The van der Waals surface area contributed by atoms with Crippen LogP contribution in [-0.2, 0) is 17.6 Å². The zero-order chi connectivity index (χ0) is 25.2. The molecule has 0 saturated carbocycles. The van der Waals surface area contributed by atoms with E-state index in [2.05, 4.69) is 20.8 Å². The number of nitrogens with zero attached hydrogens (tertiary/aromatic N) is 2. The Kier molecular flexibility index (Phi) is 7.09. The molecule has 35 heavy (non-hydrogen) atoms. The Bertz CT molecular complexity index is 1170. The second kappa shape index (κ2) is 10.1. The summed E-state index contributed by atoms with van der Waals surface area (Å²) in [5.74, 6) is -0.961. The van der Waals surface area contributed by atoms with Crippen LogP contribution in [0.2, 0.25) is 0 Å². The fraction of sp³-hybridized carbons (Fsp3) is 0.520. The zero-order valence-corrected chi connectivity index (χ0v) is 20.4. The standard InChI is InChI=1S/C25H32FN5O4/c1-25(2,3)35-24(34)28-16-8-11-31(12-9-16)23(33)18-13-15(6-7-19(18)26)14-20-21-17(5-4-10-27-21)22(32)30-29-20/h6-7,13,16,27H,4-5,8-12,14H2,1-3H3,(H,28,34)(H,30,32). The van der Waals surface area contributed by atoms with Gasteiger partial charge in [0.05, 0.1) is 16.9 Å². The van der Waals surface area contributed by atoms with E-state index < -0.39 is 17.5 Å². The molecular weight excluding hydrogens is 453 g/mol. The van der Waals surface area contributed by atoms with Gasteiger partial charge in [-0.3, -0.25) is 9.59 Å². The van der Waals surface area contributed by atoms with Gasteiger partial charge in [0.1, 0.15) is 11.4 Å². The number of hydrogen-bond donors (Lipinski definition) is 3. The van der Waals surface area contributed by atoms with E-state index in [-0.39, 0.29) is 23.1 Å². The largest absolute Gasteiger partial charge is 0.444 e. The van der Waals surface area contributed by atoms with E-state index in [4.69, 9.17) is 4.74 Å². The van der Waals surface area contributed by atoms with Crippen molar-refractivity contribution in [3.63, 3.8) is 0 Å². The molecule has 1 saturated heterocycles. The summed E-state index contributed by atoms with van der Waals surface area (Å²) in [6.07, 6.45) is 2.55. The van der Waals surface area contributed by atoms with Gasteiger partial charge in [-0.1, -0.05) is 6.07 Å². The van der Waals surface area contributed by atoms with E-state index in [1.807, 2.05) is 0 Å². The van der Waals surface area contributed by atoms with Crippen LogP contribution in [0.25, 0.3) is 0 Å². The Labute approximate surface area is 203 Å². The minimum absolute atomic E-state index is 0.00676. The average Bonchev–Trinajstić information content (AvgIpc) is 2.81. The quantitative estimate of drug-likeness (QED) is 0.613. The Hall–Kier alpha value is -3.43. The number of halogens is 1. The predicted molar refractivity (Wildman–Crippen MR) is 129 cm³/mol. The number of carbonyl (C=O) groups is 2. The third kappa shape index (κ3) is 5.98. The van der Waals surface area contributed by atoms with Crippen LogP contribution in [-0.4, -0.2) is 58.4 Å². The number of benzene rings is 1. The molecule has 0 bridgehead atoms. The molecule has 1 fully saturated rings. The summed E-state index contributed by atoms with van der Waals surface area (Å²) in [5.41, 5.74) is 2.04. The van der Waals surface area contributed by atoms with Crippen molar-refractivity contribution in [1.29, 1.82) is 0 Å². The first kappa shape index (κ1) is 24.7. The summed E-state index contributed by atoms with van der Waals surface area (Å²) in [6.45, 7) is 6.97. The molecule has 1 aromatic heterocycles. The molecule has 2 aromatic rings. The summed E-state index contributed by atoms with van der Waals surface area (Å²) in [6, 6.07) is 4.39. The lowest BCUT2D eigenvalue weighted by molar-refractivity contribution is 0.0473. The van der Waals surface area contributed by atoms with Crippen molar-refractivity contribution < 1.29 is 18.7 Å². The molecule has 1 aromatic carbocycles. The molecule has 4 rings (SSSR count). The Balaban J connectivity index is 1.42.